The number of fused-ring (bicyclic) bond motifs is 1. The zero-order chi connectivity index (χ0) is 21.1. The average Bonchev–Trinajstić information content (AvgIpc) is 3.16. The van der Waals surface area contributed by atoms with E-state index in [0.717, 1.165) is 54.2 Å². The number of hydrogen-bond acceptors (Lipinski definition) is 5. The van der Waals surface area contributed by atoms with Crippen LogP contribution < -0.4 is 4.90 Å². The van der Waals surface area contributed by atoms with Crippen molar-refractivity contribution < 1.29 is 9.53 Å². The number of hydrogen-bond donors (Lipinski definition) is 0. The number of ether oxygens (including phenoxy) is 1. The molecule has 1 saturated heterocycles. The van der Waals surface area contributed by atoms with Crippen molar-refractivity contribution in [3.63, 3.8) is 0 Å². The van der Waals surface area contributed by atoms with Crippen LogP contribution >= 0.6 is 22.9 Å². The van der Waals surface area contributed by atoms with E-state index in [-0.39, 0.29) is 5.91 Å². The molecule has 3 aromatic rings. The Morgan fingerprint density at radius 3 is 2.77 bits per heavy atom. The molecule has 5 nitrogen and oxygen atoms in total. The minimum Gasteiger partial charge on any atom is -0.379 e. The minimum absolute atomic E-state index is 0.0605. The fourth-order valence-corrected chi connectivity index (χ4v) is 5.02. The summed E-state index contributed by atoms with van der Waals surface area (Å²) >= 11 is 7.86. The second kappa shape index (κ2) is 9.43. The van der Waals surface area contributed by atoms with E-state index in [2.05, 4.69) is 36.9 Å². The average molecular weight is 444 g/mol. The molecule has 1 amide bonds. The maximum atomic E-state index is 13.4. The Bertz CT molecular complexity index is 1050. The monoisotopic (exact) mass is 443 g/mol. The van der Waals surface area contributed by atoms with Gasteiger partial charge >= 0.3 is 0 Å². The van der Waals surface area contributed by atoms with Crippen molar-refractivity contribution >= 4 is 44.2 Å². The highest BCUT2D eigenvalue weighted by Gasteiger charge is 2.22. The first-order valence-electron chi connectivity index (χ1n) is 10.2. The van der Waals surface area contributed by atoms with Crippen LogP contribution in [-0.4, -0.2) is 55.2 Å². The van der Waals surface area contributed by atoms with Gasteiger partial charge in [0.1, 0.15) is 5.52 Å². The maximum Gasteiger partial charge on any atom is 0.233 e. The molecule has 0 aliphatic carbocycles. The first kappa shape index (κ1) is 21.2. The summed E-state index contributed by atoms with van der Waals surface area (Å²) in [6, 6.07) is 12.0. The van der Waals surface area contributed by atoms with E-state index >= 15 is 0 Å². The molecule has 1 aromatic heterocycles. The van der Waals surface area contributed by atoms with Crippen molar-refractivity contribution in [3.8, 4) is 0 Å². The molecule has 1 fully saturated rings. The van der Waals surface area contributed by atoms with Crippen LogP contribution in [0.3, 0.4) is 0 Å². The van der Waals surface area contributed by atoms with Crippen molar-refractivity contribution in [1.82, 2.24) is 9.88 Å². The van der Waals surface area contributed by atoms with Gasteiger partial charge in [-0.15, -0.1) is 0 Å². The molecule has 1 aliphatic heterocycles. The van der Waals surface area contributed by atoms with Gasteiger partial charge in [0.05, 0.1) is 29.4 Å². The summed E-state index contributed by atoms with van der Waals surface area (Å²) in [6.07, 6.45) is 0.360. The van der Waals surface area contributed by atoms with E-state index in [1.54, 1.807) is 0 Å². The summed E-state index contributed by atoms with van der Waals surface area (Å²) in [4.78, 5) is 22.3. The lowest BCUT2D eigenvalue weighted by Gasteiger charge is -2.29. The van der Waals surface area contributed by atoms with Crippen molar-refractivity contribution in [2.24, 2.45) is 0 Å². The summed E-state index contributed by atoms with van der Waals surface area (Å²) in [5.74, 6) is 0.0605. The highest BCUT2D eigenvalue weighted by molar-refractivity contribution is 7.22. The van der Waals surface area contributed by atoms with Crippen molar-refractivity contribution in [2.75, 3.05) is 44.3 Å². The van der Waals surface area contributed by atoms with E-state index in [1.807, 2.05) is 23.1 Å². The van der Waals surface area contributed by atoms with Gasteiger partial charge in [-0.25, -0.2) is 4.98 Å². The van der Waals surface area contributed by atoms with E-state index in [0.29, 0.717) is 23.1 Å². The molecule has 2 aromatic carbocycles. The predicted molar refractivity (Wildman–Crippen MR) is 124 cm³/mol. The Balaban J connectivity index is 1.59. The van der Waals surface area contributed by atoms with Gasteiger partial charge in [0.25, 0.3) is 0 Å². The van der Waals surface area contributed by atoms with Gasteiger partial charge in [0.2, 0.25) is 5.91 Å². The summed E-state index contributed by atoms with van der Waals surface area (Å²) in [5.41, 5.74) is 4.16. The molecule has 0 radical (unpaired) electrons. The van der Waals surface area contributed by atoms with Gasteiger partial charge in [-0.3, -0.25) is 14.6 Å². The molecule has 30 heavy (non-hydrogen) atoms. The zero-order valence-corrected chi connectivity index (χ0v) is 18.9. The van der Waals surface area contributed by atoms with Crippen molar-refractivity contribution in [2.45, 2.75) is 20.3 Å². The number of carbonyl (C=O) groups excluding carboxylic acids is 1. The number of aryl methyl sites for hydroxylation is 2. The predicted octanol–water partition coefficient (Wildman–Crippen LogP) is 4.47. The van der Waals surface area contributed by atoms with Gasteiger partial charge < -0.3 is 4.74 Å². The molecule has 1 aliphatic rings. The van der Waals surface area contributed by atoms with Crippen LogP contribution in [0.1, 0.15) is 16.7 Å². The van der Waals surface area contributed by atoms with Gasteiger partial charge in [-0.05, 0) is 37.1 Å². The highest BCUT2D eigenvalue weighted by Crippen LogP contribution is 2.33. The van der Waals surface area contributed by atoms with Crippen LogP contribution in [0.5, 0.6) is 0 Å². The normalized spacial score (nSPS) is 14.9. The summed E-state index contributed by atoms with van der Waals surface area (Å²) in [5, 5.41) is 1.33. The van der Waals surface area contributed by atoms with Crippen LogP contribution in [0.25, 0.3) is 10.2 Å². The summed E-state index contributed by atoms with van der Waals surface area (Å²) < 4.78 is 6.44. The van der Waals surface area contributed by atoms with Crippen LogP contribution in [-0.2, 0) is 16.0 Å². The Morgan fingerprint density at radius 2 is 2.03 bits per heavy atom. The molecule has 4 rings (SSSR count). The van der Waals surface area contributed by atoms with Crippen molar-refractivity contribution in [1.29, 1.82) is 0 Å². The number of amides is 1. The number of thiazole rings is 1. The third-order valence-corrected chi connectivity index (χ3v) is 6.82. The number of aromatic nitrogens is 1. The number of morpholine rings is 1. The lowest BCUT2D eigenvalue weighted by atomic mass is 10.0. The highest BCUT2D eigenvalue weighted by atomic mass is 35.5. The fraction of sp³-hybridized carbons (Fsp3) is 0.391. The molecule has 2 heterocycles. The van der Waals surface area contributed by atoms with E-state index in [4.69, 9.17) is 21.3 Å². The molecule has 7 heteroatoms. The molecule has 158 valence electrons. The molecule has 0 saturated carbocycles. The second-order valence-electron chi connectivity index (χ2n) is 7.69. The number of para-hydroxylation sites is 1. The Labute approximate surface area is 186 Å². The number of carbonyl (C=O) groups is 1. The number of benzene rings is 2. The number of rotatable bonds is 6. The van der Waals surface area contributed by atoms with E-state index in [1.165, 1.54) is 16.9 Å². The molecule has 0 bridgehead atoms. The molecule has 0 atom stereocenters. The Kier molecular flexibility index (Phi) is 6.68. The first-order valence-corrected chi connectivity index (χ1v) is 11.4. The summed E-state index contributed by atoms with van der Waals surface area (Å²) in [6.45, 7) is 8.80. The van der Waals surface area contributed by atoms with Crippen molar-refractivity contribution in [3.05, 3.63) is 58.1 Å². The molecular weight excluding hydrogens is 418 g/mol. The number of halogens is 1. The molecule has 0 spiro atoms. The first-order chi connectivity index (χ1) is 14.5. The smallest absolute Gasteiger partial charge is 0.233 e. The third-order valence-electron chi connectivity index (χ3n) is 5.47. The fourth-order valence-electron chi connectivity index (χ4n) is 3.71. The Hall–Kier alpha value is -1.99. The molecule has 0 N–H and O–H groups in total. The van der Waals surface area contributed by atoms with E-state index < -0.39 is 0 Å². The summed E-state index contributed by atoms with van der Waals surface area (Å²) in [7, 11) is 0. The Morgan fingerprint density at radius 1 is 1.23 bits per heavy atom. The number of nitrogens with zero attached hydrogens (tertiary/aromatic N) is 3. The largest absolute Gasteiger partial charge is 0.379 e. The van der Waals surface area contributed by atoms with Crippen LogP contribution in [0.4, 0.5) is 5.13 Å². The lowest BCUT2D eigenvalue weighted by molar-refractivity contribution is -0.118. The third kappa shape index (κ3) is 4.83. The zero-order valence-electron chi connectivity index (χ0n) is 17.4. The maximum absolute atomic E-state index is 13.4. The number of anilines is 1. The molecule has 0 unspecified atom stereocenters. The quantitative estimate of drug-likeness (QED) is 0.563. The second-order valence-corrected chi connectivity index (χ2v) is 9.11. The van der Waals surface area contributed by atoms with E-state index in [9.17, 15) is 4.79 Å². The lowest BCUT2D eigenvalue weighted by Crippen LogP contribution is -2.43. The molecular formula is C23H26ClN3O2S. The topological polar surface area (TPSA) is 45.7 Å². The van der Waals surface area contributed by atoms with Gasteiger partial charge in [0.15, 0.2) is 5.13 Å². The standard InChI is InChI=1S/C23H26ClN3O2S/c1-16-6-7-18(17(2)14-16)15-21(28)27(9-8-26-10-12-29-13-11-26)23-25-22-19(24)4-3-5-20(22)30-23/h3-7,14H,8-13,15H2,1-2H3. The van der Waals surface area contributed by atoms with Crippen LogP contribution in [0, 0.1) is 13.8 Å². The van der Waals surface area contributed by atoms with Gasteiger partial charge in [0, 0.05) is 26.2 Å². The van der Waals surface area contributed by atoms with Gasteiger partial charge in [-0.2, -0.15) is 0 Å². The van der Waals surface area contributed by atoms with Gasteiger partial charge in [-0.1, -0.05) is 52.8 Å². The SMILES string of the molecule is Cc1ccc(CC(=O)N(CCN2CCOCC2)c2nc3c(Cl)cccc3s2)c(C)c1. The van der Waals surface area contributed by atoms with Crippen LogP contribution in [0.2, 0.25) is 5.02 Å². The van der Waals surface area contributed by atoms with Crippen LogP contribution in [0.15, 0.2) is 36.4 Å². The minimum atomic E-state index is 0.0605.